The lowest BCUT2D eigenvalue weighted by molar-refractivity contribution is -0.136. The Labute approximate surface area is 295 Å². The zero-order chi connectivity index (χ0) is 34.5. The van der Waals surface area contributed by atoms with E-state index >= 15 is 0 Å². The zero-order valence-electron chi connectivity index (χ0n) is 29.1. The van der Waals surface area contributed by atoms with Gasteiger partial charge >= 0.3 is 0 Å². The summed E-state index contributed by atoms with van der Waals surface area (Å²) in [6, 6.07) is 13.0. The van der Waals surface area contributed by atoms with Crippen molar-refractivity contribution in [2.75, 3.05) is 55.6 Å². The summed E-state index contributed by atoms with van der Waals surface area (Å²) in [6.07, 6.45) is 14.0. The topological polar surface area (TPSA) is 138 Å². The Kier molecular flexibility index (Phi) is 10.7. The number of pyridine rings is 1. The average molecular weight is 679 g/mol. The molecule has 7 rings (SSSR count). The fourth-order valence-corrected chi connectivity index (χ4v) is 8.22. The van der Waals surface area contributed by atoms with Crippen LogP contribution in [0.2, 0.25) is 0 Å². The third-order valence-electron chi connectivity index (χ3n) is 11.3. The highest BCUT2D eigenvalue weighted by atomic mass is 16.2. The first-order chi connectivity index (χ1) is 24.4. The minimum absolute atomic E-state index is 0.153. The van der Waals surface area contributed by atoms with Gasteiger partial charge in [-0.1, -0.05) is 30.3 Å². The number of hydrogen-bond acceptors (Lipinski definition) is 9. The second kappa shape index (κ2) is 15.7. The third-order valence-corrected chi connectivity index (χ3v) is 11.3. The van der Waals surface area contributed by atoms with Crippen LogP contribution in [0, 0.1) is 11.8 Å². The Morgan fingerprint density at radius 1 is 0.780 bits per heavy atom. The van der Waals surface area contributed by atoms with Crippen LogP contribution in [-0.4, -0.2) is 83.4 Å². The van der Waals surface area contributed by atoms with Crippen molar-refractivity contribution in [3.8, 4) is 0 Å². The molecular formula is C39H50N8O3. The number of piperidine rings is 4. The van der Waals surface area contributed by atoms with Crippen LogP contribution in [0.25, 0.3) is 0 Å². The molecule has 4 saturated heterocycles. The van der Waals surface area contributed by atoms with Crippen LogP contribution >= 0.6 is 0 Å². The molecule has 11 nitrogen and oxygen atoms in total. The Morgan fingerprint density at radius 2 is 1.50 bits per heavy atom. The summed E-state index contributed by atoms with van der Waals surface area (Å²) in [5.41, 5.74) is 10.1. The zero-order valence-corrected chi connectivity index (χ0v) is 29.1. The fourth-order valence-electron chi connectivity index (χ4n) is 8.22. The van der Waals surface area contributed by atoms with Crippen LogP contribution in [0.1, 0.15) is 96.6 Å². The molecule has 1 atom stereocenters. The van der Waals surface area contributed by atoms with Gasteiger partial charge in [-0.3, -0.25) is 19.7 Å². The largest absolute Gasteiger partial charge is 0.364 e. The van der Waals surface area contributed by atoms with Crippen molar-refractivity contribution in [3.63, 3.8) is 0 Å². The molecule has 0 spiro atoms. The monoisotopic (exact) mass is 678 g/mol. The van der Waals surface area contributed by atoms with E-state index in [0.29, 0.717) is 43.2 Å². The average Bonchev–Trinajstić information content (AvgIpc) is 3.14. The molecule has 4 fully saturated rings. The van der Waals surface area contributed by atoms with E-state index in [1.165, 1.54) is 37.7 Å². The summed E-state index contributed by atoms with van der Waals surface area (Å²) in [5, 5.41) is 2.45. The van der Waals surface area contributed by atoms with Crippen molar-refractivity contribution in [3.05, 3.63) is 76.9 Å². The molecule has 11 heteroatoms. The fraction of sp³-hybridized carbons (Fsp3) is 0.538. The minimum atomic E-state index is -0.529. The van der Waals surface area contributed by atoms with Gasteiger partial charge in [0.1, 0.15) is 17.3 Å². The molecule has 0 radical (unpaired) electrons. The highest BCUT2D eigenvalue weighted by Gasteiger charge is 2.28. The van der Waals surface area contributed by atoms with Gasteiger partial charge in [-0.25, -0.2) is 15.0 Å². The predicted octanol–water partition coefficient (Wildman–Crippen LogP) is 4.24. The van der Waals surface area contributed by atoms with Crippen molar-refractivity contribution < 1.29 is 14.4 Å². The van der Waals surface area contributed by atoms with Crippen molar-refractivity contribution >= 4 is 29.4 Å². The molecule has 4 aliphatic rings. The number of nitrogens with two attached hydrogens (primary N) is 1. The Morgan fingerprint density at radius 3 is 2.18 bits per heavy atom. The summed E-state index contributed by atoms with van der Waals surface area (Å²) in [5.74, 6) is 2.10. The van der Waals surface area contributed by atoms with Crippen LogP contribution < -0.4 is 20.9 Å². The highest BCUT2D eigenvalue weighted by Crippen LogP contribution is 2.31. The van der Waals surface area contributed by atoms with Gasteiger partial charge in [-0.15, -0.1) is 0 Å². The lowest BCUT2D eigenvalue weighted by Gasteiger charge is -2.38. The van der Waals surface area contributed by atoms with Gasteiger partial charge in [0.05, 0.1) is 11.9 Å². The predicted molar refractivity (Wildman–Crippen MR) is 193 cm³/mol. The van der Waals surface area contributed by atoms with Gasteiger partial charge in [0, 0.05) is 57.7 Å². The number of hydrogen-bond donors (Lipinski definition) is 2. The van der Waals surface area contributed by atoms with Gasteiger partial charge in [0.15, 0.2) is 0 Å². The van der Waals surface area contributed by atoms with Gasteiger partial charge in [-0.05, 0) is 105 Å². The number of aromatic nitrogens is 3. The van der Waals surface area contributed by atoms with E-state index in [4.69, 9.17) is 15.7 Å². The van der Waals surface area contributed by atoms with E-state index in [2.05, 4.69) is 61.4 Å². The second-order valence-corrected chi connectivity index (χ2v) is 14.7. The van der Waals surface area contributed by atoms with Crippen molar-refractivity contribution in [2.24, 2.45) is 17.6 Å². The highest BCUT2D eigenvalue weighted by molar-refractivity contribution is 5.98. The number of nitrogens with zero attached hydrogens (tertiary/aromatic N) is 6. The molecule has 1 unspecified atom stereocenters. The van der Waals surface area contributed by atoms with E-state index < -0.39 is 5.91 Å². The Hall–Kier alpha value is -4.38. The first-order valence-corrected chi connectivity index (χ1v) is 18.6. The summed E-state index contributed by atoms with van der Waals surface area (Å²) >= 11 is 0. The normalized spacial score (nSPS) is 21.3. The maximum atomic E-state index is 12.1. The van der Waals surface area contributed by atoms with E-state index in [9.17, 15) is 14.4 Å². The van der Waals surface area contributed by atoms with E-state index in [0.717, 1.165) is 81.4 Å². The van der Waals surface area contributed by atoms with Gasteiger partial charge in [-0.2, -0.15) is 0 Å². The lowest BCUT2D eigenvalue weighted by atomic mass is 9.87. The van der Waals surface area contributed by atoms with Crippen LogP contribution in [0.3, 0.4) is 0 Å². The van der Waals surface area contributed by atoms with Crippen LogP contribution in [0.4, 0.5) is 11.6 Å². The standard InChI is InChI=1S/C39H50N8O3/c40-38(49)37-33(43-35(25-42-37)46-16-2-1-3-17-46)23-27-4-7-30(8-5-27)31-14-18-45(19-15-31)26-28-12-20-47(21-13-28)34-10-6-29(24-41-34)22-32-9-11-36(48)44-39(32)50/h4-8,10,24-25,28,31-32H,1-3,9,11-23,26H2,(H2,40,49)(H,44,48,50). The summed E-state index contributed by atoms with van der Waals surface area (Å²) < 4.78 is 0. The third kappa shape index (κ3) is 8.31. The smallest absolute Gasteiger partial charge is 0.269 e. The quantitative estimate of drug-likeness (QED) is 0.302. The first-order valence-electron chi connectivity index (χ1n) is 18.6. The van der Waals surface area contributed by atoms with Crippen molar-refractivity contribution in [1.29, 1.82) is 0 Å². The number of carbonyl (C=O) groups is 3. The molecule has 6 heterocycles. The van der Waals surface area contributed by atoms with Crippen molar-refractivity contribution in [2.45, 2.75) is 76.5 Å². The molecular weight excluding hydrogens is 628 g/mol. The van der Waals surface area contributed by atoms with Gasteiger partial charge < -0.3 is 20.4 Å². The van der Waals surface area contributed by atoms with Crippen LogP contribution in [0.5, 0.6) is 0 Å². The molecule has 1 aromatic carbocycles. The number of carbonyl (C=O) groups excluding carboxylic acids is 3. The molecule has 2 aromatic heterocycles. The van der Waals surface area contributed by atoms with Gasteiger partial charge in [0.25, 0.3) is 5.91 Å². The number of amides is 3. The van der Waals surface area contributed by atoms with E-state index in [-0.39, 0.29) is 23.4 Å². The number of anilines is 2. The molecule has 3 amide bonds. The number of benzene rings is 1. The molecule has 0 saturated carbocycles. The molecule has 3 N–H and O–H groups in total. The minimum Gasteiger partial charge on any atom is -0.364 e. The SMILES string of the molecule is NC(=O)c1ncc(N2CCCCC2)nc1Cc1ccc(C2CCN(CC3CCN(c4ccc(CC5CCC(=O)NC5=O)cn4)CC3)CC2)cc1. The number of imide groups is 1. The molecule has 3 aromatic rings. The lowest BCUT2D eigenvalue weighted by Crippen LogP contribution is -2.41. The molecule has 0 bridgehead atoms. The summed E-state index contributed by atoms with van der Waals surface area (Å²) in [7, 11) is 0. The summed E-state index contributed by atoms with van der Waals surface area (Å²) in [4.78, 5) is 57.0. The molecule has 0 aliphatic carbocycles. The summed E-state index contributed by atoms with van der Waals surface area (Å²) in [6.45, 7) is 7.40. The molecule has 4 aliphatic heterocycles. The van der Waals surface area contributed by atoms with Crippen LogP contribution in [0.15, 0.2) is 48.8 Å². The number of primary amides is 1. The van der Waals surface area contributed by atoms with Crippen molar-refractivity contribution in [1.82, 2.24) is 25.2 Å². The number of nitrogens with one attached hydrogen (secondary N) is 1. The molecule has 50 heavy (non-hydrogen) atoms. The second-order valence-electron chi connectivity index (χ2n) is 14.7. The maximum Gasteiger partial charge on any atom is 0.269 e. The maximum absolute atomic E-state index is 12.1. The first kappa shape index (κ1) is 34.1. The van der Waals surface area contributed by atoms with Gasteiger partial charge in [0.2, 0.25) is 11.8 Å². The molecule has 264 valence electrons. The Bertz CT molecular complexity index is 1640. The Balaban J connectivity index is 0.855. The van der Waals surface area contributed by atoms with E-state index in [1.807, 2.05) is 6.20 Å². The van der Waals surface area contributed by atoms with Crippen LogP contribution in [-0.2, 0) is 22.4 Å². The van der Waals surface area contributed by atoms with E-state index in [1.54, 1.807) is 6.20 Å². The number of rotatable bonds is 10. The number of likely N-dealkylation sites (tertiary alicyclic amines) is 1.